The van der Waals surface area contributed by atoms with E-state index in [1.165, 1.54) is 0 Å². The van der Waals surface area contributed by atoms with Crippen LogP contribution in [0, 0.1) is 0 Å². The molecule has 0 spiro atoms. The number of benzene rings is 1. The van der Waals surface area contributed by atoms with E-state index < -0.39 is 5.60 Å². The van der Waals surface area contributed by atoms with Gasteiger partial charge in [-0.3, -0.25) is 0 Å². The summed E-state index contributed by atoms with van der Waals surface area (Å²) < 4.78 is 27.6. The van der Waals surface area contributed by atoms with E-state index in [4.69, 9.17) is 23.4 Å². The van der Waals surface area contributed by atoms with Crippen LogP contribution in [0.1, 0.15) is 18.2 Å². The molecule has 1 fully saturated rings. The lowest BCUT2D eigenvalue weighted by atomic mass is 10.0. The third-order valence-corrected chi connectivity index (χ3v) is 3.88. The first kappa shape index (κ1) is 15.8. The first-order valence-corrected chi connectivity index (χ1v) is 7.49. The minimum atomic E-state index is -0.616. The molecule has 0 radical (unpaired) electrons. The predicted octanol–water partition coefficient (Wildman–Crippen LogP) is 1.96. The van der Waals surface area contributed by atoms with E-state index >= 15 is 0 Å². The van der Waals surface area contributed by atoms with Gasteiger partial charge < -0.3 is 23.4 Å². The summed E-state index contributed by atoms with van der Waals surface area (Å²) in [5.74, 6) is 2.36. The van der Waals surface area contributed by atoms with Crippen molar-refractivity contribution in [2.75, 3.05) is 34.0 Å². The van der Waals surface area contributed by atoms with Crippen LogP contribution in [0.15, 0.2) is 28.7 Å². The van der Waals surface area contributed by atoms with Crippen LogP contribution in [0.4, 0.5) is 0 Å². The first-order chi connectivity index (χ1) is 11.3. The summed E-state index contributed by atoms with van der Waals surface area (Å²) in [5.41, 5.74) is -0.616. The Balaban J connectivity index is 1.59. The van der Waals surface area contributed by atoms with Crippen LogP contribution in [0.25, 0.3) is 0 Å². The van der Waals surface area contributed by atoms with Gasteiger partial charge in [-0.05, 0) is 12.1 Å². The van der Waals surface area contributed by atoms with Crippen LogP contribution in [0.5, 0.6) is 11.5 Å². The summed E-state index contributed by atoms with van der Waals surface area (Å²) in [6, 6.07) is 7.49. The highest BCUT2D eigenvalue weighted by molar-refractivity contribution is 5.39. The molecule has 1 aromatic heterocycles. The molecule has 7 heteroatoms. The maximum absolute atomic E-state index is 5.72. The number of aromatic nitrogens is 2. The zero-order valence-corrected chi connectivity index (χ0v) is 13.3. The molecule has 1 saturated heterocycles. The Labute approximate surface area is 134 Å². The van der Waals surface area contributed by atoms with Crippen molar-refractivity contribution >= 4 is 0 Å². The standard InChI is InChI=1S/C16H20N2O5/c1-19-12-5-3-4-6-13(12)22-9-7-14-17-18-15(23-14)16(20-2)8-10-21-11-16/h3-6H,7-11H2,1-2H3. The second-order valence-corrected chi connectivity index (χ2v) is 5.25. The summed E-state index contributed by atoms with van der Waals surface area (Å²) in [6.07, 6.45) is 1.22. The number of rotatable bonds is 7. The van der Waals surface area contributed by atoms with E-state index in [2.05, 4.69) is 10.2 Å². The number of para-hydroxylation sites is 2. The molecule has 124 valence electrons. The zero-order valence-electron chi connectivity index (χ0n) is 13.3. The van der Waals surface area contributed by atoms with E-state index in [1.54, 1.807) is 14.2 Å². The number of hydrogen-bond donors (Lipinski definition) is 0. The SMILES string of the molecule is COc1ccccc1OCCc1nnc(C2(OC)CCOC2)o1. The van der Waals surface area contributed by atoms with Crippen LogP contribution in [-0.4, -0.2) is 44.2 Å². The number of hydrogen-bond acceptors (Lipinski definition) is 7. The molecular formula is C16H20N2O5. The average Bonchev–Trinajstić information content (AvgIpc) is 3.25. The molecule has 2 aromatic rings. The molecule has 0 amide bonds. The molecule has 0 N–H and O–H groups in total. The van der Waals surface area contributed by atoms with E-state index in [9.17, 15) is 0 Å². The molecule has 0 aliphatic carbocycles. The number of nitrogens with zero attached hydrogens (tertiary/aromatic N) is 2. The zero-order chi connectivity index (χ0) is 16.1. The number of methoxy groups -OCH3 is 2. The summed E-state index contributed by atoms with van der Waals surface area (Å²) in [4.78, 5) is 0. The third kappa shape index (κ3) is 3.30. The molecule has 1 atom stereocenters. The third-order valence-electron chi connectivity index (χ3n) is 3.88. The van der Waals surface area contributed by atoms with E-state index in [0.717, 1.165) is 0 Å². The van der Waals surface area contributed by atoms with Crippen LogP contribution in [0.2, 0.25) is 0 Å². The largest absolute Gasteiger partial charge is 0.493 e. The second-order valence-electron chi connectivity index (χ2n) is 5.25. The Hall–Kier alpha value is -2.12. The van der Waals surface area contributed by atoms with Gasteiger partial charge in [-0.15, -0.1) is 10.2 Å². The molecule has 0 saturated carbocycles. The summed E-state index contributed by atoms with van der Waals surface area (Å²) >= 11 is 0. The lowest BCUT2D eigenvalue weighted by Gasteiger charge is -2.20. The maximum atomic E-state index is 5.72. The topological polar surface area (TPSA) is 75.8 Å². The quantitative estimate of drug-likeness (QED) is 0.772. The fraction of sp³-hybridized carbons (Fsp3) is 0.500. The minimum Gasteiger partial charge on any atom is -0.493 e. The van der Waals surface area contributed by atoms with Gasteiger partial charge in [0.2, 0.25) is 5.89 Å². The Morgan fingerprint density at radius 1 is 1.17 bits per heavy atom. The van der Waals surface area contributed by atoms with Crippen LogP contribution in [0.3, 0.4) is 0 Å². The van der Waals surface area contributed by atoms with Gasteiger partial charge in [0.25, 0.3) is 5.89 Å². The molecule has 23 heavy (non-hydrogen) atoms. The monoisotopic (exact) mass is 320 g/mol. The Morgan fingerprint density at radius 3 is 2.70 bits per heavy atom. The Bertz CT molecular complexity index is 637. The average molecular weight is 320 g/mol. The van der Waals surface area contributed by atoms with Crippen molar-refractivity contribution in [2.45, 2.75) is 18.4 Å². The fourth-order valence-corrected chi connectivity index (χ4v) is 2.49. The summed E-state index contributed by atoms with van der Waals surface area (Å²) in [6.45, 7) is 1.48. The molecule has 1 aromatic carbocycles. The molecule has 1 aliphatic rings. The highest BCUT2D eigenvalue weighted by Gasteiger charge is 2.42. The lowest BCUT2D eigenvalue weighted by molar-refractivity contribution is -0.0417. The van der Waals surface area contributed by atoms with Crippen LogP contribution >= 0.6 is 0 Å². The second kappa shape index (κ2) is 6.97. The highest BCUT2D eigenvalue weighted by atomic mass is 16.6. The molecule has 7 nitrogen and oxygen atoms in total. The summed E-state index contributed by atoms with van der Waals surface area (Å²) in [7, 11) is 3.24. The smallest absolute Gasteiger partial charge is 0.250 e. The van der Waals surface area contributed by atoms with Crippen molar-refractivity contribution < 1.29 is 23.4 Å². The maximum Gasteiger partial charge on any atom is 0.250 e. The molecule has 2 heterocycles. The van der Waals surface area contributed by atoms with Crippen LogP contribution in [-0.2, 0) is 21.5 Å². The van der Waals surface area contributed by atoms with Gasteiger partial charge in [0.05, 0.1) is 33.4 Å². The molecule has 1 aliphatic heterocycles. The Morgan fingerprint density at radius 2 is 2.00 bits per heavy atom. The predicted molar refractivity (Wildman–Crippen MR) is 80.6 cm³/mol. The number of ether oxygens (including phenoxy) is 4. The molecule has 0 bridgehead atoms. The van der Waals surface area contributed by atoms with Crippen molar-refractivity contribution in [1.29, 1.82) is 0 Å². The minimum absolute atomic E-state index is 0.415. The molecular weight excluding hydrogens is 300 g/mol. The van der Waals surface area contributed by atoms with Crippen molar-refractivity contribution in [1.82, 2.24) is 10.2 Å². The molecule has 1 unspecified atom stereocenters. The van der Waals surface area contributed by atoms with Gasteiger partial charge >= 0.3 is 0 Å². The van der Waals surface area contributed by atoms with E-state index in [1.807, 2.05) is 24.3 Å². The Kier molecular flexibility index (Phi) is 4.78. The van der Waals surface area contributed by atoms with E-state index in [-0.39, 0.29) is 0 Å². The lowest BCUT2D eigenvalue weighted by Crippen LogP contribution is -2.29. The van der Waals surface area contributed by atoms with Gasteiger partial charge in [-0.2, -0.15) is 0 Å². The van der Waals surface area contributed by atoms with Gasteiger partial charge in [-0.1, -0.05) is 12.1 Å². The van der Waals surface area contributed by atoms with Crippen molar-refractivity contribution in [3.05, 3.63) is 36.0 Å². The summed E-state index contributed by atoms with van der Waals surface area (Å²) in [5, 5.41) is 8.16. The van der Waals surface area contributed by atoms with Crippen LogP contribution < -0.4 is 9.47 Å². The van der Waals surface area contributed by atoms with Crippen molar-refractivity contribution in [2.24, 2.45) is 0 Å². The highest BCUT2D eigenvalue weighted by Crippen LogP contribution is 2.33. The van der Waals surface area contributed by atoms with Crippen molar-refractivity contribution in [3.8, 4) is 11.5 Å². The normalized spacial score (nSPS) is 20.6. The fourth-order valence-electron chi connectivity index (χ4n) is 2.49. The van der Waals surface area contributed by atoms with Gasteiger partial charge in [0.15, 0.2) is 17.1 Å². The van der Waals surface area contributed by atoms with Gasteiger partial charge in [-0.25, -0.2) is 0 Å². The van der Waals surface area contributed by atoms with Gasteiger partial charge in [0.1, 0.15) is 0 Å². The van der Waals surface area contributed by atoms with E-state index in [0.29, 0.717) is 55.9 Å². The van der Waals surface area contributed by atoms with Crippen molar-refractivity contribution in [3.63, 3.8) is 0 Å². The van der Waals surface area contributed by atoms with Gasteiger partial charge in [0, 0.05) is 13.5 Å². The molecule has 3 rings (SSSR count). The first-order valence-electron chi connectivity index (χ1n) is 7.49.